The van der Waals surface area contributed by atoms with Crippen LogP contribution in [0.1, 0.15) is 22.8 Å². The third kappa shape index (κ3) is 4.07. The molecule has 17 heavy (non-hydrogen) atoms. The molecule has 4 heteroatoms. The maximum atomic E-state index is 11.0. The van der Waals surface area contributed by atoms with E-state index in [-0.39, 0.29) is 0 Å². The molecule has 0 saturated carbocycles. The fourth-order valence-electron chi connectivity index (χ4n) is 1.62. The molecule has 0 aromatic heterocycles. The number of hydrogen-bond acceptors (Lipinski definition) is 3. The van der Waals surface area contributed by atoms with Crippen LogP contribution in [0.4, 0.5) is 5.69 Å². The van der Waals surface area contributed by atoms with Crippen LogP contribution in [0.5, 0.6) is 0 Å². The van der Waals surface area contributed by atoms with Crippen molar-refractivity contribution in [1.29, 1.82) is 0 Å². The van der Waals surface area contributed by atoms with E-state index in [2.05, 4.69) is 5.32 Å². The van der Waals surface area contributed by atoms with Crippen LogP contribution in [0, 0.1) is 12.8 Å². The van der Waals surface area contributed by atoms with Gasteiger partial charge in [-0.1, -0.05) is 13.0 Å². The Morgan fingerprint density at radius 3 is 2.82 bits per heavy atom. The molecule has 0 radical (unpaired) electrons. The third-order valence-electron chi connectivity index (χ3n) is 2.50. The average molecular weight is 237 g/mol. The predicted octanol–water partition coefficient (Wildman–Crippen LogP) is 2.39. The van der Waals surface area contributed by atoms with Crippen LogP contribution in [-0.2, 0) is 4.74 Å². The highest BCUT2D eigenvalue weighted by Crippen LogP contribution is 2.18. The van der Waals surface area contributed by atoms with Crippen LogP contribution in [-0.4, -0.2) is 31.3 Å². The highest BCUT2D eigenvalue weighted by atomic mass is 16.5. The number of benzene rings is 1. The van der Waals surface area contributed by atoms with E-state index < -0.39 is 5.97 Å². The number of hydrogen-bond donors (Lipinski definition) is 2. The molecule has 1 atom stereocenters. The number of carboxylic acid groups (broad SMARTS) is 1. The zero-order valence-electron chi connectivity index (χ0n) is 10.5. The Balaban J connectivity index is 2.75. The zero-order chi connectivity index (χ0) is 12.8. The summed E-state index contributed by atoms with van der Waals surface area (Å²) in [5.74, 6) is -0.575. The van der Waals surface area contributed by atoms with Crippen molar-refractivity contribution >= 4 is 11.7 Å². The minimum atomic E-state index is -0.910. The summed E-state index contributed by atoms with van der Waals surface area (Å²) >= 11 is 0. The molecular formula is C13H19NO3. The van der Waals surface area contributed by atoms with Gasteiger partial charge in [-0.2, -0.15) is 0 Å². The number of anilines is 1. The second-order valence-corrected chi connectivity index (χ2v) is 4.30. The molecule has 0 heterocycles. The van der Waals surface area contributed by atoms with E-state index in [9.17, 15) is 4.79 Å². The number of nitrogens with one attached hydrogen (secondary N) is 1. The minimum absolute atomic E-state index is 0.306. The number of rotatable bonds is 6. The van der Waals surface area contributed by atoms with Gasteiger partial charge < -0.3 is 15.2 Å². The van der Waals surface area contributed by atoms with Gasteiger partial charge in [0.05, 0.1) is 12.2 Å². The van der Waals surface area contributed by atoms with Crippen molar-refractivity contribution in [1.82, 2.24) is 0 Å². The average Bonchev–Trinajstić information content (AvgIpc) is 2.26. The summed E-state index contributed by atoms with van der Waals surface area (Å²) in [6.45, 7) is 5.33. The Morgan fingerprint density at radius 2 is 2.24 bits per heavy atom. The monoisotopic (exact) mass is 237 g/mol. The lowest BCUT2D eigenvalue weighted by molar-refractivity contribution is 0.0698. The maximum absolute atomic E-state index is 11.0. The molecule has 1 rings (SSSR count). The molecule has 1 aromatic rings. The number of carbonyl (C=O) groups is 1. The highest BCUT2D eigenvalue weighted by molar-refractivity contribution is 5.94. The molecule has 0 aliphatic carbocycles. The van der Waals surface area contributed by atoms with Crippen LogP contribution in [0.2, 0.25) is 0 Å². The molecule has 94 valence electrons. The van der Waals surface area contributed by atoms with Crippen molar-refractivity contribution in [3.8, 4) is 0 Å². The zero-order valence-corrected chi connectivity index (χ0v) is 10.5. The lowest BCUT2D eigenvalue weighted by atomic mass is 10.1. The Bertz CT molecular complexity index is 390. The van der Waals surface area contributed by atoms with E-state index in [1.807, 2.05) is 19.9 Å². The van der Waals surface area contributed by atoms with Crippen LogP contribution in [0.15, 0.2) is 18.2 Å². The van der Waals surface area contributed by atoms with Gasteiger partial charge in [0.2, 0.25) is 0 Å². The van der Waals surface area contributed by atoms with Gasteiger partial charge in [0.15, 0.2) is 0 Å². The molecule has 4 nitrogen and oxygen atoms in total. The molecule has 2 N–H and O–H groups in total. The van der Waals surface area contributed by atoms with E-state index in [1.165, 1.54) is 0 Å². The molecule has 1 aromatic carbocycles. The lowest BCUT2D eigenvalue weighted by Gasteiger charge is -2.14. The molecule has 0 bridgehead atoms. The Labute approximate surface area is 102 Å². The lowest BCUT2D eigenvalue weighted by Crippen LogP contribution is -2.17. The summed E-state index contributed by atoms with van der Waals surface area (Å²) in [7, 11) is 1.66. The second-order valence-electron chi connectivity index (χ2n) is 4.30. The first-order chi connectivity index (χ1) is 8.04. The number of methoxy groups -OCH3 is 1. The standard InChI is InChI=1S/C13H19NO3/c1-9-4-5-11(13(15)16)12(6-9)14-7-10(2)8-17-3/h4-6,10,14H,7-8H2,1-3H3,(H,15,16). The van der Waals surface area contributed by atoms with Crippen LogP contribution in [0.25, 0.3) is 0 Å². The van der Waals surface area contributed by atoms with Crippen molar-refractivity contribution in [2.45, 2.75) is 13.8 Å². The summed E-state index contributed by atoms with van der Waals surface area (Å²) in [4.78, 5) is 11.0. The molecule has 0 saturated heterocycles. The molecular weight excluding hydrogens is 218 g/mol. The van der Waals surface area contributed by atoms with Gasteiger partial charge in [0.1, 0.15) is 0 Å². The Hall–Kier alpha value is -1.55. The predicted molar refractivity (Wildman–Crippen MR) is 67.7 cm³/mol. The maximum Gasteiger partial charge on any atom is 0.337 e. The van der Waals surface area contributed by atoms with E-state index >= 15 is 0 Å². The van der Waals surface area contributed by atoms with Crippen molar-refractivity contribution in [2.24, 2.45) is 5.92 Å². The van der Waals surface area contributed by atoms with E-state index in [4.69, 9.17) is 9.84 Å². The van der Waals surface area contributed by atoms with Gasteiger partial charge in [-0.25, -0.2) is 4.79 Å². The molecule has 1 unspecified atom stereocenters. The highest BCUT2D eigenvalue weighted by Gasteiger charge is 2.10. The second kappa shape index (κ2) is 6.25. The molecule has 0 amide bonds. The Kier molecular flexibility index (Phi) is 4.97. The largest absolute Gasteiger partial charge is 0.478 e. The fraction of sp³-hybridized carbons (Fsp3) is 0.462. The normalized spacial score (nSPS) is 12.2. The number of ether oxygens (including phenoxy) is 1. The van der Waals surface area contributed by atoms with Gasteiger partial charge in [0, 0.05) is 19.3 Å². The SMILES string of the molecule is COCC(C)CNc1cc(C)ccc1C(=O)O. The molecule has 0 spiro atoms. The summed E-state index contributed by atoms with van der Waals surface area (Å²) in [5, 5.41) is 12.2. The number of aryl methyl sites for hydroxylation is 1. The van der Waals surface area contributed by atoms with Crippen LogP contribution < -0.4 is 5.32 Å². The molecule has 0 aliphatic heterocycles. The molecule has 0 fully saturated rings. The van der Waals surface area contributed by atoms with Crippen molar-refractivity contribution < 1.29 is 14.6 Å². The number of carboxylic acids is 1. The summed E-state index contributed by atoms with van der Waals surface area (Å²) in [5.41, 5.74) is 2.01. The van der Waals surface area contributed by atoms with Gasteiger partial charge in [-0.05, 0) is 30.5 Å². The Morgan fingerprint density at radius 1 is 1.53 bits per heavy atom. The van der Waals surface area contributed by atoms with Gasteiger partial charge in [-0.3, -0.25) is 0 Å². The summed E-state index contributed by atoms with van der Waals surface area (Å²) < 4.78 is 5.04. The fourth-order valence-corrected chi connectivity index (χ4v) is 1.62. The summed E-state index contributed by atoms with van der Waals surface area (Å²) in [6, 6.07) is 5.27. The van der Waals surface area contributed by atoms with E-state index in [0.29, 0.717) is 30.3 Å². The van der Waals surface area contributed by atoms with Crippen LogP contribution in [0.3, 0.4) is 0 Å². The number of aromatic carboxylic acids is 1. The van der Waals surface area contributed by atoms with E-state index in [0.717, 1.165) is 5.56 Å². The van der Waals surface area contributed by atoms with E-state index in [1.54, 1.807) is 19.2 Å². The van der Waals surface area contributed by atoms with Crippen molar-refractivity contribution in [3.63, 3.8) is 0 Å². The first-order valence-corrected chi connectivity index (χ1v) is 5.61. The van der Waals surface area contributed by atoms with Crippen molar-refractivity contribution in [2.75, 3.05) is 25.6 Å². The summed E-state index contributed by atoms with van der Waals surface area (Å²) in [6.07, 6.45) is 0. The van der Waals surface area contributed by atoms with Gasteiger partial charge >= 0.3 is 5.97 Å². The first kappa shape index (κ1) is 13.5. The third-order valence-corrected chi connectivity index (χ3v) is 2.50. The van der Waals surface area contributed by atoms with Gasteiger partial charge in [0.25, 0.3) is 0 Å². The topological polar surface area (TPSA) is 58.6 Å². The van der Waals surface area contributed by atoms with Crippen molar-refractivity contribution in [3.05, 3.63) is 29.3 Å². The first-order valence-electron chi connectivity index (χ1n) is 5.61. The quantitative estimate of drug-likeness (QED) is 0.797. The smallest absolute Gasteiger partial charge is 0.337 e. The minimum Gasteiger partial charge on any atom is -0.478 e. The van der Waals surface area contributed by atoms with Crippen LogP contribution >= 0.6 is 0 Å². The van der Waals surface area contributed by atoms with Gasteiger partial charge in [-0.15, -0.1) is 0 Å². The molecule has 0 aliphatic rings.